The van der Waals surface area contributed by atoms with Crippen molar-refractivity contribution in [2.24, 2.45) is 17.3 Å². The van der Waals surface area contributed by atoms with E-state index in [1.165, 1.54) is 0 Å². The summed E-state index contributed by atoms with van der Waals surface area (Å²) in [6.45, 7) is 4.65. The van der Waals surface area contributed by atoms with E-state index in [2.05, 4.69) is 26.0 Å². The van der Waals surface area contributed by atoms with Gasteiger partial charge in [-0.15, -0.1) is 0 Å². The SMILES string of the molecule is CC1(C)C2CC(O)(c3ccccc3)CC21. The highest BCUT2D eigenvalue weighted by atomic mass is 16.3. The molecule has 0 bridgehead atoms. The van der Waals surface area contributed by atoms with E-state index in [1.54, 1.807) is 0 Å². The van der Waals surface area contributed by atoms with Gasteiger partial charge < -0.3 is 5.11 Å². The molecule has 1 aromatic rings. The van der Waals surface area contributed by atoms with E-state index < -0.39 is 5.60 Å². The molecule has 0 heterocycles. The molecule has 2 unspecified atom stereocenters. The molecular formula is C14H18O. The van der Waals surface area contributed by atoms with Crippen LogP contribution in [0, 0.1) is 17.3 Å². The van der Waals surface area contributed by atoms with Crippen LogP contribution >= 0.6 is 0 Å². The first-order chi connectivity index (χ1) is 7.04. The number of benzene rings is 1. The summed E-state index contributed by atoms with van der Waals surface area (Å²) in [5.41, 5.74) is 1.06. The highest BCUT2D eigenvalue weighted by Crippen LogP contribution is 2.70. The average molecular weight is 202 g/mol. The Hall–Kier alpha value is -0.820. The molecule has 80 valence electrons. The maximum atomic E-state index is 10.6. The molecule has 0 aliphatic heterocycles. The molecule has 0 saturated heterocycles. The maximum absolute atomic E-state index is 10.6. The Morgan fingerprint density at radius 3 is 2.13 bits per heavy atom. The van der Waals surface area contributed by atoms with E-state index in [-0.39, 0.29) is 0 Å². The summed E-state index contributed by atoms with van der Waals surface area (Å²) in [7, 11) is 0. The van der Waals surface area contributed by atoms with Crippen LogP contribution in [0.2, 0.25) is 0 Å². The van der Waals surface area contributed by atoms with Gasteiger partial charge in [0.05, 0.1) is 5.60 Å². The third-order valence-electron chi connectivity index (χ3n) is 4.71. The highest BCUT2D eigenvalue weighted by molar-refractivity contribution is 5.28. The first-order valence-corrected chi connectivity index (χ1v) is 5.82. The fourth-order valence-electron chi connectivity index (χ4n) is 3.46. The zero-order valence-electron chi connectivity index (χ0n) is 9.40. The molecule has 0 aromatic heterocycles. The van der Waals surface area contributed by atoms with Gasteiger partial charge in [-0.1, -0.05) is 44.2 Å². The first kappa shape index (κ1) is 9.41. The van der Waals surface area contributed by atoms with Crippen LogP contribution in [0.15, 0.2) is 30.3 Å². The number of rotatable bonds is 1. The van der Waals surface area contributed by atoms with Crippen molar-refractivity contribution >= 4 is 0 Å². The van der Waals surface area contributed by atoms with Gasteiger partial charge in [0, 0.05) is 0 Å². The minimum absolute atomic E-state index is 0.487. The van der Waals surface area contributed by atoms with Crippen LogP contribution in [-0.4, -0.2) is 5.11 Å². The van der Waals surface area contributed by atoms with E-state index >= 15 is 0 Å². The van der Waals surface area contributed by atoms with E-state index in [4.69, 9.17) is 0 Å². The van der Waals surface area contributed by atoms with Crippen molar-refractivity contribution in [3.8, 4) is 0 Å². The van der Waals surface area contributed by atoms with Gasteiger partial charge in [-0.2, -0.15) is 0 Å². The first-order valence-electron chi connectivity index (χ1n) is 5.82. The third kappa shape index (κ3) is 1.19. The van der Waals surface area contributed by atoms with Gasteiger partial charge in [0.25, 0.3) is 0 Å². The molecule has 1 aromatic carbocycles. The second kappa shape index (κ2) is 2.65. The van der Waals surface area contributed by atoms with Crippen molar-refractivity contribution < 1.29 is 5.11 Å². The average Bonchev–Trinajstić information content (AvgIpc) is 2.63. The Morgan fingerprint density at radius 1 is 1.07 bits per heavy atom. The summed E-state index contributed by atoms with van der Waals surface area (Å²) in [5.74, 6) is 1.48. The molecule has 2 aliphatic rings. The van der Waals surface area contributed by atoms with Crippen molar-refractivity contribution in [3.63, 3.8) is 0 Å². The van der Waals surface area contributed by atoms with Gasteiger partial charge in [-0.05, 0) is 35.7 Å². The summed E-state index contributed by atoms with van der Waals surface area (Å²) in [6, 6.07) is 10.1. The van der Waals surface area contributed by atoms with Crippen molar-refractivity contribution in [2.45, 2.75) is 32.3 Å². The Labute approximate surface area is 91.1 Å². The number of hydrogen-bond acceptors (Lipinski definition) is 1. The lowest BCUT2D eigenvalue weighted by molar-refractivity contribution is 0.0199. The molecule has 2 aliphatic carbocycles. The predicted octanol–water partition coefficient (Wildman–Crippen LogP) is 2.94. The fraction of sp³-hybridized carbons (Fsp3) is 0.571. The number of aliphatic hydroxyl groups is 1. The third-order valence-corrected chi connectivity index (χ3v) is 4.71. The fourth-order valence-corrected chi connectivity index (χ4v) is 3.46. The van der Waals surface area contributed by atoms with Gasteiger partial charge in [-0.25, -0.2) is 0 Å². The van der Waals surface area contributed by atoms with Gasteiger partial charge in [0.1, 0.15) is 0 Å². The normalized spacial score (nSPS) is 41.3. The molecule has 1 nitrogen and oxygen atoms in total. The monoisotopic (exact) mass is 202 g/mol. The molecule has 2 saturated carbocycles. The number of fused-ring (bicyclic) bond motifs is 1. The summed E-state index contributed by atoms with van der Waals surface area (Å²) < 4.78 is 0. The molecule has 1 heteroatoms. The van der Waals surface area contributed by atoms with Crippen LogP contribution in [0.3, 0.4) is 0 Å². The Morgan fingerprint density at radius 2 is 1.60 bits per heavy atom. The molecule has 2 fully saturated rings. The molecule has 0 spiro atoms. The van der Waals surface area contributed by atoms with Crippen LogP contribution in [0.5, 0.6) is 0 Å². The lowest BCUT2D eigenvalue weighted by Gasteiger charge is -2.28. The van der Waals surface area contributed by atoms with E-state index in [0.717, 1.165) is 30.2 Å². The second-order valence-corrected chi connectivity index (χ2v) is 5.84. The molecule has 3 rings (SSSR count). The quantitative estimate of drug-likeness (QED) is 0.742. The van der Waals surface area contributed by atoms with Gasteiger partial charge in [0.15, 0.2) is 0 Å². The maximum Gasteiger partial charge on any atom is 0.0902 e. The van der Waals surface area contributed by atoms with Crippen LogP contribution in [0.1, 0.15) is 32.3 Å². The molecule has 0 amide bonds. The molecule has 15 heavy (non-hydrogen) atoms. The van der Waals surface area contributed by atoms with Crippen molar-refractivity contribution in [1.29, 1.82) is 0 Å². The topological polar surface area (TPSA) is 20.2 Å². The van der Waals surface area contributed by atoms with Crippen molar-refractivity contribution in [2.75, 3.05) is 0 Å². The predicted molar refractivity (Wildman–Crippen MR) is 60.3 cm³/mol. The second-order valence-electron chi connectivity index (χ2n) is 5.84. The van der Waals surface area contributed by atoms with Gasteiger partial charge >= 0.3 is 0 Å². The lowest BCUT2D eigenvalue weighted by Crippen LogP contribution is -2.25. The minimum Gasteiger partial charge on any atom is -0.385 e. The Balaban J connectivity index is 1.86. The lowest BCUT2D eigenvalue weighted by atomic mass is 9.84. The summed E-state index contributed by atoms with van der Waals surface area (Å²) in [6.07, 6.45) is 1.91. The molecular weight excluding hydrogens is 184 g/mol. The van der Waals surface area contributed by atoms with Crippen LogP contribution in [0.4, 0.5) is 0 Å². The van der Waals surface area contributed by atoms with E-state index in [0.29, 0.717) is 5.41 Å². The van der Waals surface area contributed by atoms with Crippen molar-refractivity contribution in [3.05, 3.63) is 35.9 Å². The van der Waals surface area contributed by atoms with E-state index in [1.807, 2.05) is 18.2 Å². The van der Waals surface area contributed by atoms with Crippen LogP contribution < -0.4 is 0 Å². The zero-order valence-corrected chi connectivity index (χ0v) is 9.40. The van der Waals surface area contributed by atoms with Gasteiger partial charge in [-0.3, -0.25) is 0 Å². The van der Waals surface area contributed by atoms with Crippen LogP contribution in [-0.2, 0) is 5.60 Å². The number of hydrogen-bond donors (Lipinski definition) is 1. The zero-order chi connectivity index (χ0) is 10.7. The highest BCUT2D eigenvalue weighted by Gasteiger charge is 2.66. The molecule has 0 radical (unpaired) electrons. The van der Waals surface area contributed by atoms with Gasteiger partial charge in [0.2, 0.25) is 0 Å². The Kier molecular flexibility index (Phi) is 1.66. The van der Waals surface area contributed by atoms with E-state index in [9.17, 15) is 5.11 Å². The summed E-state index contributed by atoms with van der Waals surface area (Å²) >= 11 is 0. The largest absolute Gasteiger partial charge is 0.385 e. The summed E-state index contributed by atoms with van der Waals surface area (Å²) in [5, 5.41) is 10.6. The minimum atomic E-state index is -0.536. The van der Waals surface area contributed by atoms with Crippen LogP contribution in [0.25, 0.3) is 0 Å². The molecule has 1 N–H and O–H groups in total. The standard InChI is InChI=1S/C14H18O/c1-13(2)11-8-14(15,9-12(11)13)10-6-4-3-5-7-10/h3-7,11-12,15H,8-9H2,1-2H3. The molecule has 2 atom stereocenters. The smallest absolute Gasteiger partial charge is 0.0902 e. The van der Waals surface area contributed by atoms with Crippen molar-refractivity contribution in [1.82, 2.24) is 0 Å². The summed E-state index contributed by atoms with van der Waals surface area (Å²) in [4.78, 5) is 0. The Bertz CT molecular complexity index is 366.